The van der Waals surface area contributed by atoms with Crippen LogP contribution in [-0.4, -0.2) is 28.8 Å². The number of rotatable bonds is 4. The molecule has 1 rings (SSSR count). The van der Waals surface area contributed by atoms with Crippen molar-refractivity contribution in [2.45, 2.75) is 19.8 Å². The van der Waals surface area contributed by atoms with Crippen molar-refractivity contribution < 1.29 is 0 Å². The van der Waals surface area contributed by atoms with Crippen molar-refractivity contribution in [2.24, 2.45) is 0 Å². The first-order chi connectivity index (χ1) is 6.15. The summed E-state index contributed by atoms with van der Waals surface area (Å²) in [5.74, 6) is 1.93. The van der Waals surface area contributed by atoms with Crippen molar-refractivity contribution in [3.8, 4) is 0 Å². The summed E-state index contributed by atoms with van der Waals surface area (Å²) < 4.78 is 4.26. The first kappa shape index (κ1) is 10.7. The highest BCUT2D eigenvalue weighted by Crippen LogP contribution is 2.19. The fraction of sp³-hybridized carbons (Fsp3) is 0.750. The molecule has 0 bridgehead atoms. The number of anilines is 1. The average molecular weight is 220 g/mol. The van der Waals surface area contributed by atoms with Gasteiger partial charge in [0.1, 0.15) is 5.82 Å². The van der Waals surface area contributed by atoms with Crippen molar-refractivity contribution in [3.05, 3.63) is 5.82 Å². The van der Waals surface area contributed by atoms with Crippen molar-refractivity contribution in [2.75, 3.05) is 24.4 Å². The normalized spacial score (nSPS) is 10.8. The predicted octanol–water partition coefficient (Wildman–Crippen LogP) is 2.34. The number of hydrogen-bond donors (Lipinski definition) is 0. The van der Waals surface area contributed by atoms with Gasteiger partial charge in [-0.15, -0.1) is 11.6 Å². The minimum absolute atomic E-state index is 0.398. The van der Waals surface area contributed by atoms with Crippen LogP contribution in [0.25, 0.3) is 0 Å². The molecule has 0 aliphatic carbocycles. The van der Waals surface area contributed by atoms with Gasteiger partial charge in [-0.2, -0.15) is 4.37 Å². The lowest BCUT2D eigenvalue weighted by molar-refractivity contribution is 0.794. The monoisotopic (exact) mass is 219 g/mol. The summed E-state index contributed by atoms with van der Waals surface area (Å²) >= 11 is 7.06. The van der Waals surface area contributed by atoms with Crippen LogP contribution in [0.3, 0.4) is 0 Å². The van der Waals surface area contributed by atoms with Crippen molar-refractivity contribution >= 4 is 28.3 Å². The molecule has 0 aliphatic rings. The molecule has 1 heterocycles. The summed E-state index contributed by atoms with van der Waals surface area (Å²) in [5.41, 5.74) is 0. The SMILES string of the molecule is CC(C)c1nsc(N(C)CCCl)n1. The zero-order valence-electron chi connectivity index (χ0n) is 8.12. The van der Waals surface area contributed by atoms with Crippen LogP contribution in [-0.2, 0) is 0 Å². The van der Waals surface area contributed by atoms with E-state index in [1.165, 1.54) is 11.5 Å². The maximum atomic E-state index is 5.63. The summed E-state index contributed by atoms with van der Waals surface area (Å²) in [7, 11) is 1.98. The van der Waals surface area contributed by atoms with Gasteiger partial charge in [0.25, 0.3) is 0 Å². The lowest BCUT2D eigenvalue weighted by Gasteiger charge is -2.11. The Labute approximate surface area is 87.9 Å². The molecule has 13 heavy (non-hydrogen) atoms. The summed E-state index contributed by atoms with van der Waals surface area (Å²) in [5, 5.41) is 0.948. The number of halogens is 1. The zero-order chi connectivity index (χ0) is 9.84. The van der Waals surface area contributed by atoms with E-state index >= 15 is 0 Å². The topological polar surface area (TPSA) is 29.0 Å². The predicted molar refractivity (Wildman–Crippen MR) is 58.0 cm³/mol. The second kappa shape index (κ2) is 4.77. The standard InChI is InChI=1S/C8H14ClN3S/c1-6(2)7-10-8(13-11-7)12(3)5-4-9/h6H,4-5H2,1-3H3. The smallest absolute Gasteiger partial charge is 0.204 e. The van der Waals surface area contributed by atoms with E-state index in [2.05, 4.69) is 23.2 Å². The Balaban J connectivity index is 2.67. The first-order valence-corrected chi connectivity index (χ1v) is 5.56. The number of alkyl halides is 1. The van der Waals surface area contributed by atoms with Gasteiger partial charge in [-0.25, -0.2) is 4.98 Å². The minimum Gasteiger partial charge on any atom is -0.349 e. The van der Waals surface area contributed by atoms with Crippen LogP contribution in [0, 0.1) is 0 Å². The van der Waals surface area contributed by atoms with Gasteiger partial charge in [0, 0.05) is 36.9 Å². The number of aromatic nitrogens is 2. The van der Waals surface area contributed by atoms with E-state index in [0.717, 1.165) is 17.5 Å². The molecule has 0 aromatic carbocycles. The Hall–Kier alpha value is -0.350. The molecule has 0 fully saturated rings. The second-order valence-electron chi connectivity index (χ2n) is 3.20. The molecule has 0 saturated carbocycles. The van der Waals surface area contributed by atoms with E-state index < -0.39 is 0 Å². The van der Waals surface area contributed by atoms with E-state index in [9.17, 15) is 0 Å². The zero-order valence-corrected chi connectivity index (χ0v) is 9.69. The summed E-state index contributed by atoms with van der Waals surface area (Å²) in [6.07, 6.45) is 0. The average Bonchev–Trinajstić information content (AvgIpc) is 2.52. The summed E-state index contributed by atoms with van der Waals surface area (Å²) in [4.78, 5) is 6.43. The third-order valence-corrected chi connectivity index (χ3v) is 2.71. The van der Waals surface area contributed by atoms with Crippen LogP contribution in [0.2, 0.25) is 0 Å². The van der Waals surface area contributed by atoms with Crippen LogP contribution in [0.15, 0.2) is 0 Å². The van der Waals surface area contributed by atoms with Gasteiger partial charge < -0.3 is 4.90 Å². The van der Waals surface area contributed by atoms with Crippen LogP contribution in [0.4, 0.5) is 5.13 Å². The molecule has 0 aliphatic heterocycles. The molecule has 1 aromatic heterocycles. The minimum atomic E-state index is 0.398. The van der Waals surface area contributed by atoms with Gasteiger partial charge in [0.05, 0.1) is 0 Å². The van der Waals surface area contributed by atoms with Crippen molar-refractivity contribution in [1.29, 1.82) is 0 Å². The van der Waals surface area contributed by atoms with Crippen LogP contribution in [0.5, 0.6) is 0 Å². The fourth-order valence-electron chi connectivity index (χ4n) is 0.838. The van der Waals surface area contributed by atoms with Crippen LogP contribution < -0.4 is 4.90 Å². The number of hydrogen-bond acceptors (Lipinski definition) is 4. The molecular weight excluding hydrogens is 206 g/mol. The van der Waals surface area contributed by atoms with E-state index in [1.807, 2.05) is 11.9 Å². The fourth-order valence-corrected chi connectivity index (χ4v) is 1.88. The van der Waals surface area contributed by atoms with Crippen molar-refractivity contribution in [3.63, 3.8) is 0 Å². The molecule has 74 valence electrons. The van der Waals surface area contributed by atoms with E-state index in [0.29, 0.717) is 11.8 Å². The molecule has 0 saturated heterocycles. The van der Waals surface area contributed by atoms with Crippen LogP contribution in [0.1, 0.15) is 25.6 Å². The second-order valence-corrected chi connectivity index (χ2v) is 4.31. The van der Waals surface area contributed by atoms with Gasteiger partial charge in [0.2, 0.25) is 5.13 Å². The van der Waals surface area contributed by atoms with E-state index in [4.69, 9.17) is 11.6 Å². The molecule has 0 amide bonds. The van der Waals surface area contributed by atoms with Gasteiger partial charge in [0.15, 0.2) is 0 Å². The van der Waals surface area contributed by atoms with Gasteiger partial charge >= 0.3 is 0 Å². The van der Waals surface area contributed by atoms with Gasteiger partial charge in [-0.05, 0) is 0 Å². The summed E-state index contributed by atoms with van der Waals surface area (Å²) in [6, 6.07) is 0. The highest BCUT2D eigenvalue weighted by molar-refractivity contribution is 7.09. The van der Waals surface area contributed by atoms with Gasteiger partial charge in [-0.1, -0.05) is 13.8 Å². The largest absolute Gasteiger partial charge is 0.349 e. The molecule has 0 atom stereocenters. The lowest BCUT2D eigenvalue weighted by atomic mass is 10.2. The van der Waals surface area contributed by atoms with Crippen molar-refractivity contribution in [1.82, 2.24) is 9.36 Å². The maximum Gasteiger partial charge on any atom is 0.204 e. The Bertz CT molecular complexity index is 262. The highest BCUT2D eigenvalue weighted by Gasteiger charge is 2.10. The number of nitrogens with zero attached hydrogens (tertiary/aromatic N) is 3. The summed E-state index contributed by atoms with van der Waals surface area (Å²) in [6.45, 7) is 5.00. The molecule has 0 N–H and O–H groups in total. The van der Waals surface area contributed by atoms with Gasteiger partial charge in [-0.3, -0.25) is 0 Å². The highest BCUT2D eigenvalue weighted by atomic mass is 35.5. The Morgan fingerprint density at radius 3 is 2.69 bits per heavy atom. The molecule has 0 unspecified atom stereocenters. The molecule has 1 aromatic rings. The molecule has 0 radical (unpaired) electrons. The molecule has 5 heteroatoms. The molecular formula is C8H14ClN3S. The van der Waals surface area contributed by atoms with E-state index in [-0.39, 0.29) is 0 Å². The Morgan fingerprint density at radius 2 is 2.23 bits per heavy atom. The first-order valence-electron chi connectivity index (χ1n) is 4.26. The maximum absolute atomic E-state index is 5.63. The third kappa shape index (κ3) is 2.81. The molecule has 0 spiro atoms. The quantitative estimate of drug-likeness (QED) is 0.728. The van der Waals surface area contributed by atoms with Crippen LogP contribution >= 0.6 is 23.1 Å². The Kier molecular flexibility index (Phi) is 3.93. The molecule has 3 nitrogen and oxygen atoms in total. The third-order valence-electron chi connectivity index (χ3n) is 1.69. The van der Waals surface area contributed by atoms with E-state index in [1.54, 1.807) is 0 Å². The lowest BCUT2D eigenvalue weighted by Crippen LogP contribution is -2.19. The Morgan fingerprint density at radius 1 is 1.54 bits per heavy atom.